The summed E-state index contributed by atoms with van der Waals surface area (Å²) in [4.78, 5) is 29.1. The quantitative estimate of drug-likeness (QED) is 0.778. The zero-order chi connectivity index (χ0) is 20.1. The number of amides is 2. The minimum Gasteiger partial charge on any atom is -0.345 e. The fourth-order valence-corrected chi connectivity index (χ4v) is 3.76. The Labute approximate surface area is 178 Å². The van der Waals surface area contributed by atoms with Gasteiger partial charge in [0, 0.05) is 45.1 Å². The van der Waals surface area contributed by atoms with Crippen LogP contribution < -0.4 is 5.32 Å². The van der Waals surface area contributed by atoms with Crippen LogP contribution in [0.2, 0.25) is 0 Å². The van der Waals surface area contributed by atoms with Crippen LogP contribution in [0.3, 0.4) is 0 Å². The summed E-state index contributed by atoms with van der Waals surface area (Å²) in [6.07, 6.45) is 5.06. The van der Waals surface area contributed by atoms with Gasteiger partial charge in [-0.25, -0.2) is 0 Å². The number of rotatable bonds is 6. The highest BCUT2D eigenvalue weighted by atomic mass is 35.5. The number of nitrogens with one attached hydrogen (secondary N) is 1. The molecule has 1 aromatic carbocycles. The fourth-order valence-electron chi connectivity index (χ4n) is 3.76. The summed E-state index contributed by atoms with van der Waals surface area (Å²) in [5, 5.41) is 7.74. The minimum atomic E-state index is -0.633. The molecule has 0 aliphatic carbocycles. The van der Waals surface area contributed by atoms with Crippen molar-refractivity contribution in [1.82, 2.24) is 24.9 Å². The maximum absolute atomic E-state index is 13.6. The fraction of sp³-hybridized carbons (Fsp3) is 0.476. The Morgan fingerprint density at radius 1 is 1.17 bits per heavy atom. The first kappa shape index (κ1) is 22.9. The molecule has 8 heteroatoms. The molecule has 1 N–H and O–H groups in total. The van der Waals surface area contributed by atoms with Crippen LogP contribution in [0.5, 0.6) is 0 Å². The van der Waals surface area contributed by atoms with E-state index < -0.39 is 5.54 Å². The summed E-state index contributed by atoms with van der Waals surface area (Å²) in [7, 11) is 3.48. The molecular formula is C21H30ClN5O2. The number of likely N-dealkylation sites (N-methyl/N-ethyl adjacent to an activating group) is 1. The van der Waals surface area contributed by atoms with Gasteiger partial charge in [0.05, 0.1) is 0 Å². The molecular weight excluding hydrogens is 390 g/mol. The number of carbonyl (C=O) groups is 2. The van der Waals surface area contributed by atoms with E-state index >= 15 is 0 Å². The molecule has 7 nitrogen and oxygen atoms in total. The van der Waals surface area contributed by atoms with Crippen molar-refractivity contribution >= 4 is 24.2 Å². The van der Waals surface area contributed by atoms with Gasteiger partial charge in [0.25, 0.3) is 11.8 Å². The standard InChI is InChI=1S/C21H29N5O2.ClH/c1-4-25(16-17-6-8-18(9-7-17)19(27)24(2)3)20(28)21(10-13-22-14-11-21)26-15-5-12-23-26;/h5-9,12,15,22H,4,10-11,13-14,16H2,1-3H3;1H. The van der Waals surface area contributed by atoms with E-state index in [-0.39, 0.29) is 24.2 Å². The summed E-state index contributed by atoms with van der Waals surface area (Å²) in [5.74, 6) is 0.0796. The zero-order valence-electron chi connectivity index (χ0n) is 17.3. The first-order chi connectivity index (χ1) is 13.5. The highest BCUT2D eigenvalue weighted by Crippen LogP contribution is 2.30. The van der Waals surface area contributed by atoms with E-state index in [1.807, 2.05) is 53.0 Å². The Morgan fingerprint density at radius 2 is 1.83 bits per heavy atom. The van der Waals surface area contributed by atoms with E-state index in [1.165, 1.54) is 0 Å². The first-order valence-corrected chi connectivity index (χ1v) is 9.79. The average molecular weight is 420 g/mol. The predicted octanol–water partition coefficient (Wildman–Crippen LogP) is 2.13. The van der Waals surface area contributed by atoms with Crippen LogP contribution in [0.1, 0.15) is 35.7 Å². The van der Waals surface area contributed by atoms with Crippen LogP contribution in [-0.4, -0.2) is 65.1 Å². The smallest absolute Gasteiger partial charge is 0.253 e. The number of hydrogen-bond acceptors (Lipinski definition) is 4. The summed E-state index contributed by atoms with van der Waals surface area (Å²) in [6, 6.07) is 9.37. The molecule has 0 saturated carbocycles. The number of aromatic nitrogens is 2. The molecule has 158 valence electrons. The van der Waals surface area contributed by atoms with Gasteiger partial charge in [0.1, 0.15) is 5.54 Å². The van der Waals surface area contributed by atoms with E-state index in [9.17, 15) is 9.59 Å². The van der Waals surface area contributed by atoms with Crippen LogP contribution in [0.15, 0.2) is 42.7 Å². The third kappa shape index (κ3) is 4.79. The van der Waals surface area contributed by atoms with Crippen molar-refractivity contribution in [3.8, 4) is 0 Å². The van der Waals surface area contributed by atoms with Gasteiger partial charge in [-0.15, -0.1) is 12.4 Å². The summed E-state index contributed by atoms with van der Waals surface area (Å²) in [5.41, 5.74) is 1.02. The second-order valence-corrected chi connectivity index (χ2v) is 7.45. The maximum Gasteiger partial charge on any atom is 0.253 e. The highest BCUT2D eigenvalue weighted by molar-refractivity contribution is 5.93. The third-order valence-electron chi connectivity index (χ3n) is 5.42. The summed E-state index contributed by atoms with van der Waals surface area (Å²) < 4.78 is 1.83. The van der Waals surface area contributed by atoms with Crippen molar-refractivity contribution in [3.05, 3.63) is 53.9 Å². The third-order valence-corrected chi connectivity index (χ3v) is 5.42. The zero-order valence-corrected chi connectivity index (χ0v) is 18.1. The predicted molar refractivity (Wildman–Crippen MR) is 115 cm³/mol. The molecule has 1 aromatic heterocycles. The molecule has 29 heavy (non-hydrogen) atoms. The molecule has 1 aliphatic rings. The lowest BCUT2D eigenvalue weighted by molar-refractivity contribution is -0.143. The van der Waals surface area contributed by atoms with Crippen molar-refractivity contribution in [2.45, 2.75) is 31.8 Å². The van der Waals surface area contributed by atoms with Crippen molar-refractivity contribution in [2.24, 2.45) is 0 Å². The lowest BCUT2D eigenvalue weighted by Crippen LogP contribution is -2.55. The van der Waals surface area contributed by atoms with Crippen LogP contribution in [-0.2, 0) is 16.9 Å². The normalized spacial score (nSPS) is 15.3. The largest absolute Gasteiger partial charge is 0.345 e. The van der Waals surface area contributed by atoms with Crippen molar-refractivity contribution in [2.75, 3.05) is 33.7 Å². The van der Waals surface area contributed by atoms with E-state index in [4.69, 9.17) is 0 Å². The molecule has 0 bridgehead atoms. The molecule has 0 unspecified atom stereocenters. The number of benzene rings is 1. The van der Waals surface area contributed by atoms with Crippen LogP contribution in [0, 0.1) is 0 Å². The van der Waals surface area contributed by atoms with Gasteiger partial charge in [-0.2, -0.15) is 5.10 Å². The van der Waals surface area contributed by atoms with Gasteiger partial charge in [-0.05, 0) is 56.6 Å². The Kier molecular flexibility index (Phi) is 7.81. The maximum atomic E-state index is 13.6. The Hall–Kier alpha value is -2.38. The Bertz CT molecular complexity index is 799. The molecule has 1 saturated heterocycles. The summed E-state index contributed by atoms with van der Waals surface area (Å²) in [6.45, 7) is 4.73. The monoisotopic (exact) mass is 419 g/mol. The van der Waals surface area contributed by atoms with Gasteiger partial charge < -0.3 is 15.1 Å². The second kappa shape index (κ2) is 9.89. The Morgan fingerprint density at radius 3 is 2.34 bits per heavy atom. The highest BCUT2D eigenvalue weighted by Gasteiger charge is 2.44. The molecule has 0 atom stereocenters. The number of halogens is 1. The van der Waals surface area contributed by atoms with Crippen molar-refractivity contribution < 1.29 is 9.59 Å². The molecule has 2 heterocycles. The average Bonchev–Trinajstić information content (AvgIpc) is 3.27. The lowest BCUT2D eigenvalue weighted by atomic mass is 9.86. The second-order valence-electron chi connectivity index (χ2n) is 7.45. The van der Waals surface area contributed by atoms with Crippen LogP contribution in [0.4, 0.5) is 0 Å². The van der Waals surface area contributed by atoms with Gasteiger partial charge in [-0.1, -0.05) is 12.1 Å². The molecule has 2 aromatic rings. The minimum absolute atomic E-state index is 0. The van der Waals surface area contributed by atoms with Gasteiger partial charge in [0.2, 0.25) is 0 Å². The van der Waals surface area contributed by atoms with Crippen LogP contribution >= 0.6 is 12.4 Å². The van der Waals surface area contributed by atoms with Crippen LogP contribution in [0.25, 0.3) is 0 Å². The topological polar surface area (TPSA) is 70.5 Å². The van der Waals surface area contributed by atoms with E-state index in [0.717, 1.165) is 31.5 Å². The number of piperidine rings is 1. The van der Waals surface area contributed by atoms with E-state index in [0.29, 0.717) is 18.7 Å². The lowest BCUT2D eigenvalue weighted by Gasteiger charge is -2.40. The molecule has 1 fully saturated rings. The molecule has 1 aliphatic heterocycles. The molecule has 0 radical (unpaired) electrons. The SMILES string of the molecule is CCN(Cc1ccc(C(=O)N(C)C)cc1)C(=O)C1(n2cccn2)CCNCC1.Cl. The molecule has 2 amide bonds. The van der Waals surface area contributed by atoms with Gasteiger partial charge in [0.15, 0.2) is 0 Å². The summed E-state index contributed by atoms with van der Waals surface area (Å²) >= 11 is 0. The molecule has 0 spiro atoms. The van der Waals surface area contributed by atoms with Gasteiger partial charge in [-0.3, -0.25) is 14.3 Å². The number of nitrogens with zero attached hydrogens (tertiary/aromatic N) is 4. The van der Waals surface area contributed by atoms with E-state index in [2.05, 4.69) is 10.4 Å². The Balaban J connectivity index is 0.00000300. The first-order valence-electron chi connectivity index (χ1n) is 9.79. The number of hydrogen-bond donors (Lipinski definition) is 1. The molecule has 3 rings (SSSR count). The number of carbonyl (C=O) groups excluding carboxylic acids is 2. The van der Waals surface area contributed by atoms with Gasteiger partial charge >= 0.3 is 0 Å². The van der Waals surface area contributed by atoms with Crippen molar-refractivity contribution in [1.29, 1.82) is 0 Å². The van der Waals surface area contributed by atoms with E-state index in [1.54, 1.807) is 25.2 Å². The van der Waals surface area contributed by atoms with Crippen molar-refractivity contribution in [3.63, 3.8) is 0 Å².